The summed E-state index contributed by atoms with van der Waals surface area (Å²) in [6, 6.07) is 12.3. The molecule has 0 N–H and O–H groups in total. The molecule has 3 aliphatic rings. The van der Waals surface area contributed by atoms with Crippen molar-refractivity contribution in [2.75, 3.05) is 49.1 Å². The van der Waals surface area contributed by atoms with Gasteiger partial charge in [-0.25, -0.2) is 6.57 Å². The quantitative estimate of drug-likeness (QED) is 0.260. The average molecular weight is 587 g/mol. The molecule has 1 amide bonds. The fourth-order valence-corrected chi connectivity index (χ4v) is 6.16. The van der Waals surface area contributed by atoms with Gasteiger partial charge in [0.15, 0.2) is 0 Å². The second kappa shape index (κ2) is 12.2. The van der Waals surface area contributed by atoms with Gasteiger partial charge in [0.2, 0.25) is 12.5 Å². The van der Waals surface area contributed by atoms with Gasteiger partial charge >= 0.3 is 6.01 Å². The van der Waals surface area contributed by atoms with Crippen LogP contribution in [-0.4, -0.2) is 78.4 Å². The number of amides is 1. The minimum absolute atomic E-state index is 0.147. The van der Waals surface area contributed by atoms with Crippen molar-refractivity contribution in [3.05, 3.63) is 76.8 Å². The van der Waals surface area contributed by atoms with Gasteiger partial charge in [-0.15, -0.1) is 0 Å². The number of hydrogen-bond acceptors (Lipinski definition) is 7. The zero-order valence-electron chi connectivity index (χ0n) is 23.8. The smallest absolute Gasteiger partial charge is 0.319 e. The molecule has 3 heterocycles. The number of piperazine rings is 1. The standard InChI is InChI=1S/C32H35ClN6O3/c1-4-29(40)39-16-15-38(18-23(39)17-34-3)31-25-13-14-37(28-10-6-8-22-7-5-9-26(33)30(22)28)19-27(25)35-32(36-31)42-21(2)20-41-24-11-12-24/h4-10,21,23-24H,1,11-20H2,2H3/t21-,23-/m0/s1. The minimum Gasteiger partial charge on any atom is -0.458 e. The molecule has 0 radical (unpaired) electrons. The summed E-state index contributed by atoms with van der Waals surface area (Å²) in [5, 5.41) is 2.86. The minimum atomic E-state index is -0.250. The van der Waals surface area contributed by atoms with Gasteiger partial charge in [-0.2, -0.15) is 9.97 Å². The largest absolute Gasteiger partial charge is 0.458 e. The van der Waals surface area contributed by atoms with Crippen LogP contribution in [0.3, 0.4) is 0 Å². The maximum absolute atomic E-state index is 12.5. The molecule has 2 atom stereocenters. The monoisotopic (exact) mass is 586 g/mol. The van der Waals surface area contributed by atoms with E-state index in [1.54, 1.807) is 4.90 Å². The van der Waals surface area contributed by atoms with Gasteiger partial charge < -0.3 is 29.0 Å². The Morgan fingerprint density at radius 1 is 1.19 bits per heavy atom. The Hall–Kier alpha value is -3.87. The van der Waals surface area contributed by atoms with E-state index in [4.69, 9.17) is 37.6 Å². The third kappa shape index (κ3) is 5.87. The summed E-state index contributed by atoms with van der Waals surface area (Å²) in [7, 11) is 0. The number of rotatable bonds is 9. The number of carbonyl (C=O) groups is 1. The number of aromatic nitrogens is 2. The molecule has 1 saturated carbocycles. The Labute approximate surface area is 251 Å². The van der Waals surface area contributed by atoms with Crippen LogP contribution >= 0.6 is 11.6 Å². The lowest BCUT2D eigenvalue weighted by Gasteiger charge is -2.41. The lowest BCUT2D eigenvalue weighted by atomic mass is 10.0. The molecule has 2 aromatic carbocycles. The van der Waals surface area contributed by atoms with E-state index in [1.165, 1.54) is 6.08 Å². The summed E-state index contributed by atoms with van der Waals surface area (Å²) < 4.78 is 12.1. The maximum Gasteiger partial charge on any atom is 0.319 e. The number of ether oxygens (including phenoxy) is 2. The van der Waals surface area contributed by atoms with Crippen molar-refractivity contribution >= 4 is 39.8 Å². The zero-order valence-corrected chi connectivity index (χ0v) is 24.6. The molecule has 1 aromatic heterocycles. The van der Waals surface area contributed by atoms with Crippen molar-refractivity contribution in [2.45, 2.75) is 51.0 Å². The first-order valence-electron chi connectivity index (χ1n) is 14.6. The topological polar surface area (TPSA) is 75.4 Å². The normalized spacial score (nSPS) is 19.3. The van der Waals surface area contributed by atoms with Crippen LogP contribution in [0.1, 0.15) is 31.0 Å². The van der Waals surface area contributed by atoms with E-state index in [9.17, 15) is 4.79 Å². The fourth-order valence-electron chi connectivity index (χ4n) is 5.89. The molecule has 3 aromatic rings. The molecule has 6 rings (SSSR count). The Morgan fingerprint density at radius 2 is 2.00 bits per heavy atom. The van der Waals surface area contributed by atoms with Crippen LogP contribution in [0, 0.1) is 6.57 Å². The van der Waals surface area contributed by atoms with Crippen LogP contribution in [-0.2, 0) is 22.5 Å². The average Bonchev–Trinajstić information content (AvgIpc) is 3.84. The second-order valence-electron chi connectivity index (χ2n) is 11.2. The van der Waals surface area contributed by atoms with Crippen molar-refractivity contribution in [1.82, 2.24) is 14.9 Å². The van der Waals surface area contributed by atoms with Gasteiger partial charge in [-0.3, -0.25) is 4.79 Å². The molecule has 2 fully saturated rings. The van der Waals surface area contributed by atoms with Crippen LogP contribution in [0.15, 0.2) is 49.1 Å². The highest BCUT2D eigenvalue weighted by molar-refractivity contribution is 6.36. The number of fused-ring (bicyclic) bond motifs is 2. The summed E-state index contributed by atoms with van der Waals surface area (Å²) in [5.74, 6) is 0.674. The van der Waals surface area contributed by atoms with Gasteiger partial charge in [-0.1, -0.05) is 42.4 Å². The molecule has 0 spiro atoms. The van der Waals surface area contributed by atoms with E-state index < -0.39 is 0 Å². The van der Waals surface area contributed by atoms with Gasteiger partial charge in [0.1, 0.15) is 18.0 Å². The molecular formula is C32H35ClN6O3. The van der Waals surface area contributed by atoms with Crippen molar-refractivity contribution < 1.29 is 14.3 Å². The van der Waals surface area contributed by atoms with Crippen molar-refractivity contribution in [2.24, 2.45) is 0 Å². The van der Waals surface area contributed by atoms with Gasteiger partial charge in [-0.05, 0) is 49.8 Å². The third-order valence-corrected chi connectivity index (χ3v) is 8.45. The summed E-state index contributed by atoms with van der Waals surface area (Å²) in [5.41, 5.74) is 3.06. The molecule has 42 heavy (non-hydrogen) atoms. The highest BCUT2D eigenvalue weighted by atomic mass is 35.5. The number of anilines is 2. The summed E-state index contributed by atoms with van der Waals surface area (Å²) in [6.07, 6.45) is 4.41. The molecule has 218 valence electrons. The first kappa shape index (κ1) is 28.3. The lowest BCUT2D eigenvalue weighted by molar-refractivity contribution is -0.128. The molecule has 2 aliphatic heterocycles. The molecule has 1 aliphatic carbocycles. The highest BCUT2D eigenvalue weighted by Gasteiger charge is 2.35. The van der Waals surface area contributed by atoms with Crippen LogP contribution in [0.4, 0.5) is 11.5 Å². The van der Waals surface area contributed by atoms with Crippen LogP contribution in [0.25, 0.3) is 15.6 Å². The maximum atomic E-state index is 12.5. The fraction of sp³-hybridized carbons (Fsp3) is 0.438. The van der Waals surface area contributed by atoms with E-state index in [2.05, 4.69) is 45.5 Å². The summed E-state index contributed by atoms with van der Waals surface area (Å²) in [6.45, 7) is 16.8. The zero-order chi connectivity index (χ0) is 29.2. The van der Waals surface area contributed by atoms with Crippen LogP contribution in [0.5, 0.6) is 6.01 Å². The molecular weight excluding hydrogens is 552 g/mol. The summed E-state index contributed by atoms with van der Waals surface area (Å²) >= 11 is 6.69. The van der Waals surface area contributed by atoms with Gasteiger partial charge in [0.05, 0.1) is 30.0 Å². The Bertz CT molecular complexity index is 1530. The predicted molar refractivity (Wildman–Crippen MR) is 164 cm³/mol. The number of benzene rings is 2. The molecule has 10 heteroatoms. The number of nitrogens with zero attached hydrogens (tertiary/aromatic N) is 6. The predicted octanol–water partition coefficient (Wildman–Crippen LogP) is 4.91. The van der Waals surface area contributed by atoms with Crippen molar-refractivity contribution in [3.8, 4) is 6.01 Å². The van der Waals surface area contributed by atoms with Gasteiger partial charge in [0, 0.05) is 42.8 Å². The third-order valence-electron chi connectivity index (χ3n) is 8.13. The lowest BCUT2D eigenvalue weighted by Crippen LogP contribution is -2.56. The Balaban J connectivity index is 1.33. The van der Waals surface area contributed by atoms with Crippen LogP contribution in [0.2, 0.25) is 5.02 Å². The number of carbonyl (C=O) groups excluding carboxylic acids is 1. The number of hydrogen-bond donors (Lipinski definition) is 0. The SMILES string of the molecule is [C-]#[N+]C[C@H]1CN(c2nc(O[C@@H](C)COC3CC3)nc3c2CCN(c2cccc4cccc(Cl)c24)C3)CCN1C(=O)C=C. The molecule has 0 unspecified atom stereocenters. The van der Waals surface area contributed by atoms with Gasteiger partial charge in [0.25, 0.3) is 0 Å². The first-order chi connectivity index (χ1) is 20.4. The molecule has 0 bridgehead atoms. The van der Waals surface area contributed by atoms with Crippen LogP contribution < -0.4 is 14.5 Å². The number of halogens is 1. The van der Waals surface area contributed by atoms with Crippen molar-refractivity contribution in [1.29, 1.82) is 0 Å². The van der Waals surface area contributed by atoms with Crippen molar-refractivity contribution in [3.63, 3.8) is 0 Å². The van der Waals surface area contributed by atoms with E-state index in [0.29, 0.717) is 44.9 Å². The first-order valence-corrected chi connectivity index (χ1v) is 14.9. The Kier molecular flexibility index (Phi) is 8.18. The highest BCUT2D eigenvalue weighted by Crippen LogP contribution is 2.37. The van der Waals surface area contributed by atoms with E-state index >= 15 is 0 Å². The molecule has 9 nitrogen and oxygen atoms in total. The Morgan fingerprint density at radius 3 is 2.76 bits per heavy atom. The van der Waals surface area contributed by atoms with E-state index in [-0.39, 0.29) is 24.6 Å². The van der Waals surface area contributed by atoms with E-state index in [0.717, 1.165) is 64.4 Å². The van der Waals surface area contributed by atoms with E-state index in [1.807, 2.05) is 19.1 Å². The summed E-state index contributed by atoms with van der Waals surface area (Å²) in [4.78, 5) is 32.3. The second-order valence-corrected chi connectivity index (χ2v) is 11.6. The molecule has 1 saturated heterocycles.